The Bertz CT molecular complexity index is 517. The first-order valence-electron chi connectivity index (χ1n) is 6.64. The van der Waals surface area contributed by atoms with E-state index in [1.807, 2.05) is 11.6 Å². The van der Waals surface area contributed by atoms with Gasteiger partial charge in [-0.1, -0.05) is 20.8 Å². The predicted molar refractivity (Wildman–Crippen MR) is 77.0 cm³/mol. The first-order chi connectivity index (χ1) is 9.70. The van der Waals surface area contributed by atoms with Crippen molar-refractivity contribution in [1.82, 2.24) is 14.9 Å². The summed E-state index contributed by atoms with van der Waals surface area (Å²) in [6.07, 6.45) is 1.31. The van der Waals surface area contributed by atoms with Gasteiger partial charge in [-0.3, -0.25) is 0 Å². The monoisotopic (exact) mass is 297 g/mol. The highest BCUT2D eigenvalue weighted by Crippen LogP contribution is 2.21. The van der Waals surface area contributed by atoms with Crippen molar-refractivity contribution in [1.29, 1.82) is 0 Å². The molecule has 0 aliphatic heterocycles. The van der Waals surface area contributed by atoms with E-state index in [-0.39, 0.29) is 11.8 Å². The van der Waals surface area contributed by atoms with Gasteiger partial charge in [0.2, 0.25) is 0 Å². The van der Waals surface area contributed by atoms with E-state index in [0.29, 0.717) is 0 Å². The summed E-state index contributed by atoms with van der Waals surface area (Å²) in [5, 5.41) is 2.46. The van der Waals surface area contributed by atoms with E-state index < -0.39 is 18.1 Å². The number of hydrogen-bond donors (Lipinski definition) is 1. The molecule has 1 aromatic rings. The number of alkyl carbamates (subject to hydrolysis) is 1. The van der Waals surface area contributed by atoms with Crippen LogP contribution in [0.2, 0.25) is 0 Å². The molecule has 7 nitrogen and oxygen atoms in total. The summed E-state index contributed by atoms with van der Waals surface area (Å²) in [6, 6.07) is -0.814. The topological polar surface area (TPSA) is 82.5 Å². The Morgan fingerprint density at radius 3 is 2.38 bits per heavy atom. The van der Waals surface area contributed by atoms with Gasteiger partial charge in [-0.05, 0) is 0 Å². The fourth-order valence-corrected chi connectivity index (χ4v) is 2.08. The number of esters is 1. The van der Waals surface area contributed by atoms with Crippen LogP contribution in [0.4, 0.5) is 4.79 Å². The fraction of sp³-hybridized carbons (Fsp3) is 0.643. The number of imidazole rings is 1. The molecule has 0 spiro atoms. The lowest BCUT2D eigenvalue weighted by molar-refractivity contribution is -0.142. The molecule has 1 aromatic heterocycles. The van der Waals surface area contributed by atoms with Crippen LogP contribution in [0.1, 0.15) is 32.3 Å². The molecule has 0 unspecified atom stereocenters. The zero-order valence-corrected chi connectivity index (χ0v) is 13.4. The number of methoxy groups -OCH3 is 2. The van der Waals surface area contributed by atoms with Crippen molar-refractivity contribution in [3.8, 4) is 0 Å². The molecule has 1 atom stereocenters. The lowest BCUT2D eigenvalue weighted by atomic mass is 9.96. The minimum Gasteiger partial charge on any atom is -0.467 e. The van der Waals surface area contributed by atoms with Gasteiger partial charge in [0.25, 0.3) is 0 Å². The van der Waals surface area contributed by atoms with E-state index in [0.717, 1.165) is 11.5 Å². The second-order valence-electron chi connectivity index (χ2n) is 5.80. The third-order valence-electron chi connectivity index (χ3n) is 3.13. The van der Waals surface area contributed by atoms with Crippen molar-refractivity contribution in [2.24, 2.45) is 7.05 Å². The molecule has 1 heterocycles. The Hall–Kier alpha value is -2.05. The van der Waals surface area contributed by atoms with E-state index in [2.05, 4.69) is 35.8 Å². The minimum atomic E-state index is -0.814. The van der Waals surface area contributed by atoms with Crippen LogP contribution in [-0.2, 0) is 33.2 Å². The van der Waals surface area contributed by atoms with Gasteiger partial charge in [-0.25, -0.2) is 14.6 Å². The number of aromatic nitrogens is 2. The Balaban J connectivity index is 2.96. The molecule has 0 aliphatic rings. The first kappa shape index (κ1) is 17.0. The molecule has 0 saturated carbocycles. The van der Waals surface area contributed by atoms with Gasteiger partial charge in [0.05, 0.1) is 14.2 Å². The van der Waals surface area contributed by atoms with Gasteiger partial charge < -0.3 is 19.4 Å². The van der Waals surface area contributed by atoms with E-state index in [1.54, 1.807) is 6.20 Å². The lowest BCUT2D eigenvalue weighted by Gasteiger charge is -2.20. The van der Waals surface area contributed by atoms with Crippen LogP contribution in [0, 0.1) is 0 Å². The SMILES string of the molecule is COC(=O)N[C@@H](Cc1cnc(C(C)(C)C)n1C)C(=O)OC. The Morgan fingerprint density at radius 1 is 1.33 bits per heavy atom. The Kier molecular flexibility index (Phi) is 5.34. The molecule has 21 heavy (non-hydrogen) atoms. The normalized spacial score (nSPS) is 12.7. The number of hydrogen-bond acceptors (Lipinski definition) is 5. The van der Waals surface area contributed by atoms with Crippen molar-refractivity contribution >= 4 is 12.1 Å². The van der Waals surface area contributed by atoms with Crippen molar-refractivity contribution in [3.05, 3.63) is 17.7 Å². The summed E-state index contributed by atoms with van der Waals surface area (Å²) in [5.74, 6) is 0.373. The maximum atomic E-state index is 11.8. The number of nitrogens with zero attached hydrogens (tertiary/aromatic N) is 2. The van der Waals surface area contributed by atoms with Gasteiger partial charge in [0, 0.05) is 30.8 Å². The number of carbonyl (C=O) groups is 2. The summed E-state index contributed by atoms with van der Waals surface area (Å²) in [4.78, 5) is 27.5. The van der Waals surface area contributed by atoms with Crippen molar-refractivity contribution in [2.45, 2.75) is 38.6 Å². The molecule has 1 rings (SSSR count). The van der Waals surface area contributed by atoms with Crippen LogP contribution in [0.3, 0.4) is 0 Å². The highest BCUT2D eigenvalue weighted by Gasteiger charge is 2.26. The zero-order valence-electron chi connectivity index (χ0n) is 13.4. The molecule has 0 bridgehead atoms. The van der Waals surface area contributed by atoms with Crippen molar-refractivity contribution < 1.29 is 19.1 Å². The maximum Gasteiger partial charge on any atom is 0.407 e. The average molecular weight is 297 g/mol. The van der Waals surface area contributed by atoms with Crippen LogP contribution in [-0.4, -0.2) is 41.9 Å². The summed E-state index contributed by atoms with van der Waals surface area (Å²) in [5.41, 5.74) is 0.718. The molecule has 1 amide bonds. The number of ether oxygens (including phenoxy) is 2. The molecule has 118 valence electrons. The second kappa shape index (κ2) is 6.60. The lowest BCUT2D eigenvalue weighted by Crippen LogP contribution is -2.43. The second-order valence-corrected chi connectivity index (χ2v) is 5.80. The third-order valence-corrected chi connectivity index (χ3v) is 3.13. The summed E-state index contributed by atoms with van der Waals surface area (Å²) in [7, 11) is 4.40. The van der Waals surface area contributed by atoms with Crippen molar-refractivity contribution in [2.75, 3.05) is 14.2 Å². The molecule has 0 radical (unpaired) electrons. The van der Waals surface area contributed by atoms with Crippen LogP contribution < -0.4 is 5.32 Å². The van der Waals surface area contributed by atoms with E-state index >= 15 is 0 Å². The van der Waals surface area contributed by atoms with Gasteiger partial charge >= 0.3 is 12.1 Å². The smallest absolute Gasteiger partial charge is 0.407 e. The molecular weight excluding hydrogens is 274 g/mol. The molecule has 0 saturated heterocycles. The number of amides is 1. The van der Waals surface area contributed by atoms with E-state index in [9.17, 15) is 9.59 Å². The van der Waals surface area contributed by atoms with Crippen LogP contribution >= 0.6 is 0 Å². The largest absolute Gasteiger partial charge is 0.467 e. The molecular formula is C14H23N3O4. The standard InChI is InChI=1S/C14H23N3O4/c1-14(2,3)12-15-8-9(17(12)4)7-10(11(18)20-5)16-13(19)21-6/h8,10H,7H2,1-6H3,(H,16,19)/t10-/m0/s1. The van der Waals surface area contributed by atoms with Gasteiger partial charge in [0.1, 0.15) is 11.9 Å². The Labute approximate surface area is 124 Å². The van der Waals surface area contributed by atoms with Gasteiger partial charge in [-0.15, -0.1) is 0 Å². The summed E-state index contributed by atoms with van der Waals surface area (Å²) in [6.45, 7) is 6.18. The molecule has 7 heteroatoms. The first-order valence-corrected chi connectivity index (χ1v) is 6.64. The number of rotatable bonds is 4. The molecule has 0 fully saturated rings. The molecule has 0 aliphatic carbocycles. The number of carbonyl (C=O) groups excluding carboxylic acids is 2. The molecule has 0 aromatic carbocycles. The van der Waals surface area contributed by atoms with E-state index in [1.165, 1.54) is 14.2 Å². The van der Waals surface area contributed by atoms with Gasteiger partial charge in [0.15, 0.2) is 0 Å². The predicted octanol–water partition coefficient (Wildman–Crippen LogP) is 1.16. The van der Waals surface area contributed by atoms with Crippen LogP contribution in [0.25, 0.3) is 0 Å². The minimum absolute atomic E-state index is 0.108. The fourth-order valence-electron chi connectivity index (χ4n) is 2.08. The maximum absolute atomic E-state index is 11.8. The van der Waals surface area contributed by atoms with Crippen LogP contribution in [0.5, 0.6) is 0 Å². The van der Waals surface area contributed by atoms with Gasteiger partial charge in [-0.2, -0.15) is 0 Å². The summed E-state index contributed by atoms with van der Waals surface area (Å²) < 4.78 is 11.2. The van der Waals surface area contributed by atoms with Crippen LogP contribution in [0.15, 0.2) is 6.20 Å². The number of nitrogens with one attached hydrogen (secondary N) is 1. The van der Waals surface area contributed by atoms with E-state index in [4.69, 9.17) is 4.74 Å². The Morgan fingerprint density at radius 2 is 1.95 bits per heavy atom. The highest BCUT2D eigenvalue weighted by molar-refractivity contribution is 5.81. The van der Waals surface area contributed by atoms with Crippen molar-refractivity contribution in [3.63, 3.8) is 0 Å². The third kappa shape index (κ3) is 4.21. The molecule has 1 N–H and O–H groups in total. The average Bonchev–Trinajstić information content (AvgIpc) is 2.78. The summed E-state index contributed by atoms with van der Waals surface area (Å²) >= 11 is 0. The zero-order chi connectivity index (χ0) is 16.2. The quantitative estimate of drug-likeness (QED) is 0.843. The highest BCUT2D eigenvalue weighted by atomic mass is 16.5.